The van der Waals surface area contributed by atoms with Crippen molar-refractivity contribution in [1.82, 2.24) is 4.98 Å². The van der Waals surface area contributed by atoms with Gasteiger partial charge in [0.05, 0.1) is 10.7 Å². The van der Waals surface area contributed by atoms with Crippen molar-refractivity contribution >= 4 is 45.9 Å². The number of rotatable bonds is 5. The first-order valence-electron chi connectivity index (χ1n) is 9.66. The fraction of sp³-hybridized carbons (Fsp3) is 0.167. The number of hydrogen-bond donors (Lipinski definition) is 1. The van der Waals surface area contributed by atoms with Crippen LogP contribution in [0.15, 0.2) is 52.9 Å². The second-order valence-corrected chi connectivity index (χ2v) is 8.18. The normalized spacial score (nSPS) is 11.0. The molecule has 1 N–H and O–H groups in total. The van der Waals surface area contributed by atoms with Gasteiger partial charge in [-0.25, -0.2) is 4.98 Å². The summed E-state index contributed by atoms with van der Waals surface area (Å²) >= 11 is 12.5. The Kier molecular flexibility index (Phi) is 5.90. The van der Waals surface area contributed by atoms with E-state index < -0.39 is 0 Å². The van der Waals surface area contributed by atoms with E-state index in [1.54, 1.807) is 30.3 Å². The highest BCUT2D eigenvalue weighted by molar-refractivity contribution is 6.34. The van der Waals surface area contributed by atoms with Crippen molar-refractivity contribution in [3.63, 3.8) is 0 Å². The SMILES string of the molecule is Cc1ccc2oc(-c3ccc(Cl)c(NC(=O)COc4cc(C)c(Cl)c(C)c4)c3)nc2c1. The van der Waals surface area contributed by atoms with Gasteiger partial charge in [-0.15, -0.1) is 0 Å². The largest absolute Gasteiger partial charge is 0.484 e. The van der Waals surface area contributed by atoms with Gasteiger partial charge < -0.3 is 14.5 Å². The number of nitrogens with zero attached hydrogens (tertiary/aromatic N) is 1. The fourth-order valence-corrected chi connectivity index (χ4v) is 3.51. The molecule has 4 rings (SSSR count). The molecule has 31 heavy (non-hydrogen) atoms. The van der Waals surface area contributed by atoms with Crippen molar-refractivity contribution in [3.05, 3.63) is 75.3 Å². The number of aryl methyl sites for hydroxylation is 3. The Balaban J connectivity index is 1.49. The minimum Gasteiger partial charge on any atom is -0.484 e. The Morgan fingerprint density at radius 3 is 2.52 bits per heavy atom. The van der Waals surface area contributed by atoms with Crippen LogP contribution in [0.5, 0.6) is 5.75 Å². The number of fused-ring (bicyclic) bond motifs is 1. The molecular formula is C24H20Cl2N2O3. The van der Waals surface area contributed by atoms with E-state index in [9.17, 15) is 4.79 Å². The molecule has 3 aromatic carbocycles. The van der Waals surface area contributed by atoms with E-state index >= 15 is 0 Å². The lowest BCUT2D eigenvalue weighted by molar-refractivity contribution is -0.118. The van der Waals surface area contributed by atoms with E-state index in [4.69, 9.17) is 32.4 Å². The zero-order chi connectivity index (χ0) is 22.1. The van der Waals surface area contributed by atoms with Crippen LogP contribution in [-0.2, 0) is 4.79 Å². The van der Waals surface area contributed by atoms with E-state index in [0.29, 0.717) is 38.5 Å². The van der Waals surface area contributed by atoms with E-state index in [0.717, 1.165) is 22.2 Å². The molecule has 0 aliphatic carbocycles. The third-order valence-electron chi connectivity index (χ3n) is 4.81. The minimum atomic E-state index is -0.336. The molecule has 4 aromatic rings. The highest BCUT2D eigenvalue weighted by atomic mass is 35.5. The molecule has 0 unspecified atom stereocenters. The van der Waals surface area contributed by atoms with Crippen LogP contribution in [0.4, 0.5) is 5.69 Å². The van der Waals surface area contributed by atoms with Gasteiger partial charge in [0.25, 0.3) is 5.91 Å². The first-order valence-corrected chi connectivity index (χ1v) is 10.4. The summed E-state index contributed by atoms with van der Waals surface area (Å²) in [4.78, 5) is 17.0. The molecule has 158 valence electrons. The van der Waals surface area contributed by atoms with Gasteiger partial charge >= 0.3 is 0 Å². The Bertz CT molecular complexity index is 1270. The predicted molar refractivity (Wildman–Crippen MR) is 124 cm³/mol. The number of hydrogen-bond acceptors (Lipinski definition) is 4. The molecule has 0 bridgehead atoms. The molecular weight excluding hydrogens is 435 g/mol. The summed E-state index contributed by atoms with van der Waals surface area (Å²) in [6, 6.07) is 14.6. The summed E-state index contributed by atoms with van der Waals surface area (Å²) in [5.74, 6) is 0.699. The molecule has 5 nitrogen and oxygen atoms in total. The maximum absolute atomic E-state index is 12.4. The lowest BCUT2D eigenvalue weighted by atomic mass is 10.1. The van der Waals surface area contributed by atoms with Gasteiger partial charge in [0.15, 0.2) is 12.2 Å². The lowest BCUT2D eigenvalue weighted by Crippen LogP contribution is -2.20. The number of oxazole rings is 1. The molecule has 0 atom stereocenters. The quantitative estimate of drug-likeness (QED) is 0.362. The maximum atomic E-state index is 12.4. The monoisotopic (exact) mass is 454 g/mol. The van der Waals surface area contributed by atoms with Gasteiger partial charge in [0, 0.05) is 10.6 Å². The number of benzene rings is 3. The number of aromatic nitrogens is 1. The van der Waals surface area contributed by atoms with Gasteiger partial charge in [-0.2, -0.15) is 0 Å². The van der Waals surface area contributed by atoms with Gasteiger partial charge in [0.2, 0.25) is 5.89 Å². The molecule has 0 fully saturated rings. The molecule has 0 spiro atoms. The standard InChI is InChI=1S/C24H20Cl2N2O3/c1-13-4-7-21-20(8-13)28-24(31-21)16-5-6-18(25)19(11-16)27-22(29)12-30-17-9-14(2)23(26)15(3)10-17/h4-11H,12H2,1-3H3,(H,27,29). The zero-order valence-electron chi connectivity index (χ0n) is 17.3. The van der Waals surface area contributed by atoms with Crippen molar-refractivity contribution in [1.29, 1.82) is 0 Å². The van der Waals surface area contributed by atoms with Crippen LogP contribution in [0.1, 0.15) is 16.7 Å². The molecule has 0 saturated carbocycles. The molecule has 0 radical (unpaired) electrons. The first-order chi connectivity index (χ1) is 14.8. The second kappa shape index (κ2) is 8.61. The number of amides is 1. The highest BCUT2D eigenvalue weighted by Crippen LogP contribution is 2.31. The van der Waals surface area contributed by atoms with E-state index in [2.05, 4.69) is 10.3 Å². The third kappa shape index (κ3) is 4.68. The molecule has 7 heteroatoms. The summed E-state index contributed by atoms with van der Waals surface area (Å²) in [7, 11) is 0. The molecule has 0 aliphatic rings. The van der Waals surface area contributed by atoms with Crippen LogP contribution in [0.25, 0.3) is 22.6 Å². The Labute approximate surface area is 189 Å². The van der Waals surface area contributed by atoms with Crippen molar-refractivity contribution in [2.75, 3.05) is 11.9 Å². The smallest absolute Gasteiger partial charge is 0.262 e. The van der Waals surface area contributed by atoms with Crippen LogP contribution in [0.3, 0.4) is 0 Å². The Hall–Kier alpha value is -3.02. The van der Waals surface area contributed by atoms with Crippen LogP contribution in [0, 0.1) is 20.8 Å². The minimum absolute atomic E-state index is 0.163. The van der Waals surface area contributed by atoms with Crippen molar-refractivity contribution in [2.45, 2.75) is 20.8 Å². The number of halogens is 2. The van der Waals surface area contributed by atoms with Crippen LogP contribution < -0.4 is 10.1 Å². The molecule has 1 heterocycles. The Morgan fingerprint density at radius 2 is 1.77 bits per heavy atom. The Morgan fingerprint density at radius 1 is 1.03 bits per heavy atom. The van der Waals surface area contributed by atoms with Gasteiger partial charge in [-0.1, -0.05) is 29.3 Å². The zero-order valence-corrected chi connectivity index (χ0v) is 18.8. The lowest BCUT2D eigenvalue weighted by Gasteiger charge is -2.11. The average Bonchev–Trinajstić information content (AvgIpc) is 3.15. The average molecular weight is 455 g/mol. The van der Waals surface area contributed by atoms with E-state index in [1.807, 2.05) is 39.0 Å². The second-order valence-electron chi connectivity index (χ2n) is 7.39. The molecule has 0 aliphatic heterocycles. The predicted octanol–water partition coefficient (Wildman–Crippen LogP) is 6.74. The number of carbonyl (C=O) groups excluding carboxylic acids is 1. The maximum Gasteiger partial charge on any atom is 0.262 e. The van der Waals surface area contributed by atoms with Gasteiger partial charge in [-0.05, 0) is 79.9 Å². The van der Waals surface area contributed by atoms with Crippen LogP contribution in [0.2, 0.25) is 10.0 Å². The summed E-state index contributed by atoms with van der Waals surface area (Å²) in [5, 5.41) is 3.88. The van der Waals surface area contributed by atoms with Crippen molar-refractivity contribution in [2.24, 2.45) is 0 Å². The van der Waals surface area contributed by atoms with Crippen LogP contribution in [-0.4, -0.2) is 17.5 Å². The number of anilines is 1. The fourth-order valence-electron chi connectivity index (χ4n) is 3.24. The first kappa shape index (κ1) is 21.2. The highest BCUT2D eigenvalue weighted by Gasteiger charge is 2.13. The third-order valence-corrected chi connectivity index (χ3v) is 5.74. The number of ether oxygens (including phenoxy) is 1. The van der Waals surface area contributed by atoms with E-state index in [-0.39, 0.29) is 12.5 Å². The van der Waals surface area contributed by atoms with E-state index in [1.165, 1.54) is 0 Å². The summed E-state index contributed by atoms with van der Waals surface area (Å²) < 4.78 is 11.5. The van der Waals surface area contributed by atoms with Gasteiger partial charge in [0.1, 0.15) is 11.3 Å². The van der Waals surface area contributed by atoms with Crippen molar-refractivity contribution in [3.8, 4) is 17.2 Å². The summed E-state index contributed by atoms with van der Waals surface area (Å²) in [6.07, 6.45) is 0. The summed E-state index contributed by atoms with van der Waals surface area (Å²) in [6.45, 7) is 5.61. The van der Waals surface area contributed by atoms with Gasteiger partial charge in [-0.3, -0.25) is 4.79 Å². The summed E-state index contributed by atoms with van der Waals surface area (Å²) in [5.41, 5.74) is 5.51. The molecule has 0 saturated heterocycles. The number of carbonyl (C=O) groups is 1. The number of nitrogens with one attached hydrogen (secondary N) is 1. The molecule has 1 amide bonds. The van der Waals surface area contributed by atoms with Crippen LogP contribution >= 0.6 is 23.2 Å². The van der Waals surface area contributed by atoms with Crippen molar-refractivity contribution < 1.29 is 13.9 Å². The molecule has 1 aromatic heterocycles. The topological polar surface area (TPSA) is 64.4 Å².